The van der Waals surface area contributed by atoms with Gasteiger partial charge >= 0.3 is 0 Å². The minimum absolute atomic E-state index is 0.157. The molecule has 1 heterocycles. The number of aryl methyl sites for hydroxylation is 1. The second-order valence-corrected chi connectivity index (χ2v) is 14.0. The molecule has 0 aliphatic heterocycles. The average Bonchev–Trinajstić information content (AvgIpc) is 3.55. The van der Waals surface area contributed by atoms with Crippen LogP contribution >= 0.6 is 11.9 Å². The molecule has 6 rings (SSSR count). The Kier molecular flexibility index (Phi) is 9.56. The van der Waals surface area contributed by atoms with E-state index in [1.807, 2.05) is 41.6 Å². The van der Waals surface area contributed by atoms with E-state index < -0.39 is 14.8 Å². The van der Waals surface area contributed by atoms with Gasteiger partial charge < -0.3 is 5.32 Å². The van der Waals surface area contributed by atoms with Gasteiger partial charge in [-0.2, -0.15) is 0 Å². The zero-order valence-electron chi connectivity index (χ0n) is 25.8. The molecule has 0 atom stereocenters. The molecule has 7 nitrogen and oxygen atoms in total. The zero-order valence-corrected chi connectivity index (χ0v) is 27.4. The molecule has 0 unspecified atom stereocenters. The highest BCUT2D eigenvalue weighted by Gasteiger charge is 2.38. The van der Waals surface area contributed by atoms with Crippen molar-refractivity contribution in [1.82, 2.24) is 14.3 Å². The lowest BCUT2D eigenvalue weighted by molar-refractivity contribution is 0.0954. The van der Waals surface area contributed by atoms with Gasteiger partial charge in [-0.25, -0.2) is 13.4 Å². The number of nitrogens with zero attached hydrogens (tertiary/aromatic N) is 2. The second-order valence-electron chi connectivity index (χ2n) is 11.1. The van der Waals surface area contributed by atoms with Crippen molar-refractivity contribution in [3.05, 3.63) is 186 Å². The topological polar surface area (TPSA) is 93.1 Å². The van der Waals surface area contributed by atoms with E-state index in [1.54, 1.807) is 54.4 Å². The van der Waals surface area contributed by atoms with Crippen LogP contribution in [0.1, 0.15) is 38.3 Å². The van der Waals surface area contributed by atoms with Crippen LogP contribution in [0, 0.1) is 6.92 Å². The van der Waals surface area contributed by atoms with Crippen LogP contribution in [-0.4, -0.2) is 29.8 Å². The fourth-order valence-electron chi connectivity index (χ4n) is 5.42. The van der Waals surface area contributed by atoms with Crippen molar-refractivity contribution in [1.29, 1.82) is 0 Å². The van der Waals surface area contributed by atoms with Gasteiger partial charge in [-0.3, -0.25) is 13.5 Å². The molecule has 2 N–H and O–H groups in total. The highest BCUT2D eigenvalue weighted by Crippen LogP contribution is 2.48. The Balaban J connectivity index is 1.15. The highest BCUT2D eigenvalue weighted by molar-refractivity contribution is 7.99. The number of imidazole rings is 1. The molecule has 0 fully saturated rings. The number of anilines is 1. The number of aromatic nitrogens is 2. The summed E-state index contributed by atoms with van der Waals surface area (Å²) in [6.45, 7) is 2.26. The maximum Gasteiger partial charge on any atom is 0.261 e. The Morgan fingerprint density at radius 3 is 1.91 bits per heavy atom. The largest absolute Gasteiger partial charge is 0.352 e. The van der Waals surface area contributed by atoms with Crippen LogP contribution in [0.5, 0.6) is 0 Å². The maximum atomic E-state index is 13.0. The van der Waals surface area contributed by atoms with Gasteiger partial charge in [0.15, 0.2) is 0 Å². The number of carbonyl (C=O) groups excluding carboxylic acids is 1. The molecule has 6 aromatic rings. The molecule has 1 aromatic heterocycles. The lowest BCUT2D eigenvalue weighted by Crippen LogP contribution is -2.27. The molecule has 0 bridgehead atoms. The number of nitrogens with one attached hydrogen (secondary N) is 2. The van der Waals surface area contributed by atoms with Crippen LogP contribution in [0.4, 0.5) is 5.69 Å². The molecule has 0 saturated heterocycles. The van der Waals surface area contributed by atoms with Crippen LogP contribution in [0.2, 0.25) is 0 Å². The van der Waals surface area contributed by atoms with Gasteiger partial charge in [0.2, 0.25) is 0 Å². The van der Waals surface area contributed by atoms with E-state index in [4.69, 9.17) is 0 Å². The number of hydrogen-bond acceptors (Lipinski definition) is 5. The number of rotatable bonds is 12. The van der Waals surface area contributed by atoms with Gasteiger partial charge in [-0.15, -0.1) is 0 Å². The monoisotopic (exact) mass is 658 g/mol. The van der Waals surface area contributed by atoms with E-state index in [9.17, 15) is 13.2 Å². The summed E-state index contributed by atoms with van der Waals surface area (Å²) in [5.74, 6) is -0.300. The first kappa shape index (κ1) is 31.8. The lowest BCUT2D eigenvalue weighted by atomic mass is 9.84. The van der Waals surface area contributed by atoms with Crippen molar-refractivity contribution in [3.63, 3.8) is 0 Å². The maximum absolute atomic E-state index is 13.0. The van der Waals surface area contributed by atoms with E-state index in [0.717, 1.165) is 27.9 Å². The van der Waals surface area contributed by atoms with Crippen molar-refractivity contribution in [2.24, 2.45) is 0 Å². The van der Waals surface area contributed by atoms with Crippen molar-refractivity contribution in [2.75, 3.05) is 11.3 Å². The van der Waals surface area contributed by atoms with Crippen LogP contribution in [0.3, 0.4) is 0 Å². The van der Waals surface area contributed by atoms with Crippen molar-refractivity contribution < 1.29 is 13.2 Å². The summed E-state index contributed by atoms with van der Waals surface area (Å²) in [6, 6.07) is 44.4. The molecule has 9 heteroatoms. The SMILES string of the molecule is Cc1ccc(S(=O)(=O)Nc2cccc(C(=O)NCCc3cn(SC(c4ccccc4)(c4ccccc4)c4ccccc4)cn3)c2)cc1. The molecule has 0 spiro atoms. The van der Waals surface area contributed by atoms with Crippen molar-refractivity contribution >= 4 is 33.6 Å². The van der Waals surface area contributed by atoms with Gasteiger partial charge in [0, 0.05) is 30.4 Å². The normalized spacial score (nSPS) is 11.6. The van der Waals surface area contributed by atoms with E-state index in [2.05, 4.69) is 87.8 Å². The van der Waals surface area contributed by atoms with Crippen LogP contribution in [0.25, 0.3) is 0 Å². The van der Waals surface area contributed by atoms with Crippen LogP contribution in [-0.2, 0) is 21.2 Å². The molecule has 47 heavy (non-hydrogen) atoms. The predicted molar refractivity (Wildman–Crippen MR) is 189 cm³/mol. The van der Waals surface area contributed by atoms with Gasteiger partial charge in [-0.05, 0) is 65.9 Å². The summed E-state index contributed by atoms with van der Waals surface area (Å²) in [4.78, 5) is 17.8. The molecule has 236 valence electrons. The van der Waals surface area contributed by atoms with E-state index in [-0.39, 0.29) is 10.8 Å². The Labute approximate surface area is 279 Å². The Hall–Kier alpha value is -5.12. The molecule has 0 saturated carbocycles. The second kappa shape index (κ2) is 14.1. The third-order valence-corrected chi connectivity index (χ3v) is 10.6. The average molecular weight is 659 g/mol. The number of hydrogen-bond donors (Lipinski definition) is 2. The molecular formula is C38H34N4O3S2. The number of amides is 1. The highest BCUT2D eigenvalue weighted by atomic mass is 32.2. The Morgan fingerprint density at radius 2 is 1.34 bits per heavy atom. The fraction of sp³-hybridized carbons (Fsp3) is 0.105. The molecule has 0 radical (unpaired) electrons. The molecule has 0 aliphatic carbocycles. The van der Waals surface area contributed by atoms with Crippen molar-refractivity contribution in [3.8, 4) is 0 Å². The van der Waals surface area contributed by atoms with E-state index >= 15 is 0 Å². The molecule has 0 aliphatic rings. The van der Waals surface area contributed by atoms with Gasteiger partial charge in [0.1, 0.15) is 11.1 Å². The van der Waals surface area contributed by atoms with Crippen LogP contribution in [0.15, 0.2) is 157 Å². The van der Waals surface area contributed by atoms with Crippen LogP contribution < -0.4 is 10.0 Å². The first-order chi connectivity index (χ1) is 22.8. The summed E-state index contributed by atoms with van der Waals surface area (Å²) < 4.78 is 29.7. The zero-order chi connectivity index (χ0) is 32.7. The smallest absolute Gasteiger partial charge is 0.261 e. The summed E-state index contributed by atoms with van der Waals surface area (Å²) in [6.07, 6.45) is 4.34. The third kappa shape index (κ3) is 7.32. The fourth-order valence-corrected chi connectivity index (χ4v) is 7.78. The standard InChI is InChI=1S/C38H34N4O3S2/c1-29-20-22-36(23-21-29)47(44,45)41-34-19-11-12-30(26-34)37(43)39-25-24-35-27-42(28-40-35)46-38(31-13-5-2-6-14-31,32-15-7-3-8-16-32)33-17-9-4-10-18-33/h2-23,26-28,41H,24-25H2,1H3,(H,39,43). The van der Waals surface area contributed by atoms with E-state index in [0.29, 0.717) is 24.2 Å². The number of carbonyl (C=O) groups is 1. The summed E-state index contributed by atoms with van der Waals surface area (Å²) in [7, 11) is -3.78. The number of sulfonamides is 1. The Bertz CT molecular complexity index is 1950. The first-order valence-corrected chi connectivity index (χ1v) is 17.5. The summed E-state index contributed by atoms with van der Waals surface area (Å²) in [5.41, 5.74) is 5.91. The third-order valence-electron chi connectivity index (χ3n) is 7.77. The summed E-state index contributed by atoms with van der Waals surface area (Å²) in [5, 5.41) is 2.94. The Morgan fingerprint density at radius 1 is 0.766 bits per heavy atom. The minimum atomic E-state index is -3.78. The van der Waals surface area contributed by atoms with E-state index in [1.165, 1.54) is 6.07 Å². The van der Waals surface area contributed by atoms with Gasteiger partial charge in [0.25, 0.3) is 15.9 Å². The number of benzene rings is 5. The van der Waals surface area contributed by atoms with Gasteiger partial charge in [0.05, 0.1) is 10.6 Å². The first-order valence-electron chi connectivity index (χ1n) is 15.2. The quantitative estimate of drug-likeness (QED) is 0.133. The summed E-state index contributed by atoms with van der Waals surface area (Å²) >= 11 is 1.67. The molecule has 5 aromatic carbocycles. The lowest BCUT2D eigenvalue weighted by Gasteiger charge is -2.35. The molecule has 1 amide bonds. The minimum Gasteiger partial charge on any atom is -0.352 e. The molecular weight excluding hydrogens is 625 g/mol. The van der Waals surface area contributed by atoms with Gasteiger partial charge in [-0.1, -0.05) is 115 Å². The van der Waals surface area contributed by atoms with Crippen molar-refractivity contribution in [2.45, 2.75) is 23.0 Å². The predicted octanol–water partition coefficient (Wildman–Crippen LogP) is 7.45.